The van der Waals surface area contributed by atoms with E-state index in [9.17, 15) is 21.6 Å². The Morgan fingerprint density at radius 3 is 2.14 bits per heavy atom. The molecular weight excluding hydrogens is 416 g/mol. The van der Waals surface area contributed by atoms with E-state index in [-0.39, 0.29) is 15.5 Å². The Hall–Kier alpha value is -3.18. The number of sulfonamides is 2. The van der Waals surface area contributed by atoms with Crippen LogP contribution in [0.4, 0.5) is 5.69 Å². The molecule has 0 spiro atoms. The van der Waals surface area contributed by atoms with Crippen LogP contribution < -0.4 is 9.44 Å². The summed E-state index contributed by atoms with van der Waals surface area (Å²) in [5.41, 5.74) is 1.19. The van der Waals surface area contributed by atoms with Gasteiger partial charge in [0.1, 0.15) is 4.90 Å². The summed E-state index contributed by atoms with van der Waals surface area (Å²) in [6, 6.07) is 14.0. The minimum absolute atomic E-state index is 0.00343. The van der Waals surface area contributed by atoms with Crippen molar-refractivity contribution in [2.75, 3.05) is 4.72 Å². The standard InChI is InChI=1S/C18H18N4O5S2/c1-13-18(12-22(19-13)16-6-4-3-5-7-16)29(26,27)21-15-8-10-17(11-9-15)28(24,25)20-14(2)23/h3-12,21H,1-2H3,(H,20,23). The number of aromatic nitrogens is 2. The molecule has 9 nitrogen and oxygen atoms in total. The monoisotopic (exact) mass is 434 g/mol. The highest BCUT2D eigenvalue weighted by Crippen LogP contribution is 2.21. The normalized spacial score (nSPS) is 11.8. The van der Waals surface area contributed by atoms with E-state index < -0.39 is 26.0 Å². The number of carbonyl (C=O) groups excluding carboxylic acids is 1. The molecule has 0 saturated carbocycles. The van der Waals surface area contributed by atoms with Crippen LogP contribution >= 0.6 is 0 Å². The van der Waals surface area contributed by atoms with Gasteiger partial charge in [-0.05, 0) is 43.3 Å². The van der Waals surface area contributed by atoms with Crippen LogP contribution in [0, 0.1) is 6.92 Å². The van der Waals surface area contributed by atoms with E-state index in [0.29, 0.717) is 11.4 Å². The number of para-hydroxylation sites is 1. The number of rotatable bonds is 6. The van der Waals surface area contributed by atoms with Gasteiger partial charge in [0, 0.05) is 12.6 Å². The van der Waals surface area contributed by atoms with E-state index in [2.05, 4.69) is 9.82 Å². The van der Waals surface area contributed by atoms with Gasteiger partial charge < -0.3 is 0 Å². The number of hydrogen-bond acceptors (Lipinski definition) is 6. The molecule has 1 aromatic heterocycles. The number of aryl methyl sites for hydroxylation is 1. The van der Waals surface area contributed by atoms with E-state index in [0.717, 1.165) is 6.92 Å². The summed E-state index contributed by atoms with van der Waals surface area (Å²) in [4.78, 5) is 10.8. The number of benzene rings is 2. The van der Waals surface area contributed by atoms with Gasteiger partial charge in [-0.25, -0.2) is 26.2 Å². The second kappa shape index (κ2) is 7.68. The average molecular weight is 434 g/mol. The lowest BCUT2D eigenvalue weighted by Crippen LogP contribution is -2.28. The van der Waals surface area contributed by atoms with Crippen molar-refractivity contribution in [1.82, 2.24) is 14.5 Å². The average Bonchev–Trinajstić information content (AvgIpc) is 3.04. The Labute approximate surface area is 168 Å². The molecule has 0 saturated heterocycles. The molecule has 0 bridgehead atoms. The van der Waals surface area contributed by atoms with Gasteiger partial charge in [0.05, 0.1) is 22.5 Å². The molecule has 0 radical (unpaired) electrons. The van der Waals surface area contributed by atoms with Crippen LogP contribution in [0.1, 0.15) is 12.6 Å². The smallest absolute Gasteiger partial charge is 0.265 e. The van der Waals surface area contributed by atoms with Crippen molar-refractivity contribution in [2.45, 2.75) is 23.6 Å². The molecule has 11 heteroatoms. The quantitative estimate of drug-likeness (QED) is 0.609. The third-order valence-electron chi connectivity index (χ3n) is 3.86. The topological polar surface area (TPSA) is 127 Å². The first kappa shape index (κ1) is 20.6. The van der Waals surface area contributed by atoms with Gasteiger partial charge >= 0.3 is 0 Å². The zero-order valence-electron chi connectivity index (χ0n) is 15.5. The van der Waals surface area contributed by atoms with Crippen LogP contribution in [0.5, 0.6) is 0 Å². The molecule has 2 N–H and O–H groups in total. The second-order valence-corrected chi connectivity index (χ2v) is 9.48. The number of amides is 1. The fourth-order valence-corrected chi connectivity index (χ4v) is 4.80. The summed E-state index contributed by atoms with van der Waals surface area (Å²) in [7, 11) is -7.95. The Morgan fingerprint density at radius 1 is 0.931 bits per heavy atom. The van der Waals surface area contributed by atoms with Crippen molar-refractivity contribution in [1.29, 1.82) is 0 Å². The molecule has 3 rings (SSSR count). The molecule has 1 heterocycles. The zero-order valence-corrected chi connectivity index (χ0v) is 17.2. The van der Waals surface area contributed by atoms with E-state index in [1.807, 2.05) is 22.9 Å². The maximum absolute atomic E-state index is 12.8. The number of carbonyl (C=O) groups is 1. The lowest BCUT2D eigenvalue weighted by Gasteiger charge is -2.09. The number of nitrogens with one attached hydrogen (secondary N) is 2. The minimum atomic E-state index is -4.00. The molecule has 3 aromatic rings. The van der Waals surface area contributed by atoms with Crippen molar-refractivity contribution in [2.24, 2.45) is 0 Å². The SMILES string of the molecule is CC(=O)NS(=O)(=O)c1ccc(NS(=O)(=O)c2cn(-c3ccccc3)nc2C)cc1. The lowest BCUT2D eigenvalue weighted by molar-refractivity contribution is -0.117. The van der Waals surface area contributed by atoms with Gasteiger partial charge in [0.25, 0.3) is 20.0 Å². The first-order valence-electron chi connectivity index (χ1n) is 8.36. The number of anilines is 1. The maximum atomic E-state index is 12.8. The van der Waals surface area contributed by atoms with Gasteiger partial charge in [0.15, 0.2) is 0 Å². The molecular formula is C18H18N4O5S2. The summed E-state index contributed by atoms with van der Waals surface area (Å²) < 4.78 is 55.1. The van der Waals surface area contributed by atoms with E-state index >= 15 is 0 Å². The van der Waals surface area contributed by atoms with E-state index in [1.54, 1.807) is 19.1 Å². The van der Waals surface area contributed by atoms with Gasteiger partial charge in [-0.2, -0.15) is 5.10 Å². The van der Waals surface area contributed by atoms with Crippen molar-refractivity contribution in [3.8, 4) is 5.69 Å². The largest absolute Gasteiger partial charge is 0.280 e. The van der Waals surface area contributed by atoms with Gasteiger partial charge in [-0.15, -0.1) is 0 Å². The fraction of sp³-hybridized carbons (Fsp3) is 0.111. The first-order chi connectivity index (χ1) is 13.6. The third kappa shape index (κ3) is 4.63. The predicted molar refractivity (Wildman–Crippen MR) is 107 cm³/mol. The molecule has 0 fully saturated rings. The molecule has 0 unspecified atom stereocenters. The molecule has 1 amide bonds. The summed E-state index contributed by atoms with van der Waals surface area (Å²) >= 11 is 0. The summed E-state index contributed by atoms with van der Waals surface area (Å²) in [6.07, 6.45) is 1.41. The highest BCUT2D eigenvalue weighted by Gasteiger charge is 2.22. The highest BCUT2D eigenvalue weighted by molar-refractivity contribution is 7.92. The van der Waals surface area contributed by atoms with Gasteiger partial charge in [-0.1, -0.05) is 18.2 Å². The summed E-state index contributed by atoms with van der Waals surface area (Å²) in [6.45, 7) is 2.66. The Morgan fingerprint density at radius 2 is 1.55 bits per heavy atom. The van der Waals surface area contributed by atoms with Gasteiger partial charge in [-0.3, -0.25) is 9.52 Å². The van der Waals surface area contributed by atoms with Crippen molar-refractivity contribution in [3.63, 3.8) is 0 Å². The van der Waals surface area contributed by atoms with Crippen molar-refractivity contribution in [3.05, 3.63) is 66.5 Å². The van der Waals surface area contributed by atoms with Crippen molar-refractivity contribution < 1.29 is 21.6 Å². The molecule has 0 aliphatic rings. The number of hydrogen-bond donors (Lipinski definition) is 2. The molecule has 0 aliphatic carbocycles. The second-order valence-electron chi connectivity index (χ2n) is 6.15. The third-order valence-corrected chi connectivity index (χ3v) is 6.79. The highest BCUT2D eigenvalue weighted by atomic mass is 32.2. The van der Waals surface area contributed by atoms with Crippen LogP contribution in [0.25, 0.3) is 5.69 Å². The minimum Gasteiger partial charge on any atom is -0.280 e. The van der Waals surface area contributed by atoms with Gasteiger partial charge in [0.2, 0.25) is 5.91 Å². The first-order valence-corrected chi connectivity index (χ1v) is 11.3. The van der Waals surface area contributed by atoms with E-state index in [1.165, 1.54) is 35.1 Å². The zero-order chi connectivity index (χ0) is 21.2. The maximum Gasteiger partial charge on any atom is 0.265 e. The Bertz CT molecular complexity index is 1250. The predicted octanol–water partition coefficient (Wildman–Crippen LogP) is 1.81. The molecule has 152 valence electrons. The van der Waals surface area contributed by atoms with Crippen molar-refractivity contribution >= 4 is 31.6 Å². The molecule has 29 heavy (non-hydrogen) atoms. The summed E-state index contributed by atoms with van der Waals surface area (Å²) in [5, 5.41) is 4.24. The molecule has 2 aromatic carbocycles. The van der Waals surface area contributed by atoms with Crippen LogP contribution in [0.3, 0.4) is 0 Å². The molecule has 0 aliphatic heterocycles. The van der Waals surface area contributed by atoms with Crippen LogP contribution in [-0.2, 0) is 24.8 Å². The fourth-order valence-electron chi connectivity index (χ4n) is 2.58. The van der Waals surface area contributed by atoms with Crippen LogP contribution in [0.15, 0.2) is 70.6 Å². The molecule has 0 atom stereocenters. The summed E-state index contributed by atoms with van der Waals surface area (Å²) in [5.74, 6) is -0.722. The number of nitrogens with zero attached hydrogens (tertiary/aromatic N) is 2. The Kier molecular flexibility index (Phi) is 5.44. The lowest BCUT2D eigenvalue weighted by atomic mass is 10.3. The van der Waals surface area contributed by atoms with Crippen LogP contribution in [-0.4, -0.2) is 32.5 Å². The van der Waals surface area contributed by atoms with Crippen LogP contribution in [0.2, 0.25) is 0 Å². The Balaban J connectivity index is 1.85. The van der Waals surface area contributed by atoms with E-state index in [4.69, 9.17) is 0 Å².